The summed E-state index contributed by atoms with van der Waals surface area (Å²) in [7, 11) is 0. The Bertz CT molecular complexity index is 1120. The summed E-state index contributed by atoms with van der Waals surface area (Å²) in [5, 5.41) is 0. The average Bonchev–Trinajstić information content (AvgIpc) is 2.93. The molecule has 18 nitrogen and oxygen atoms in total. The zero-order chi connectivity index (χ0) is 36.3. The molecule has 0 saturated carbocycles. The molecule has 0 aliphatic carbocycles. The van der Waals surface area contributed by atoms with E-state index in [1.165, 1.54) is 0 Å². The van der Waals surface area contributed by atoms with Gasteiger partial charge in [0.2, 0.25) is 0 Å². The maximum atomic E-state index is 12.2. The van der Waals surface area contributed by atoms with E-state index in [-0.39, 0.29) is 12.8 Å². The third-order valence-corrected chi connectivity index (χ3v) is 6.91. The molecule has 2 fully saturated rings. The summed E-state index contributed by atoms with van der Waals surface area (Å²) in [4.78, 5) is 96.2. The van der Waals surface area contributed by atoms with Crippen LogP contribution in [0.3, 0.4) is 0 Å². The van der Waals surface area contributed by atoms with Crippen molar-refractivity contribution in [2.45, 2.75) is 129 Å². The highest BCUT2D eigenvalue weighted by molar-refractivity contribution is 5.70. The fourth-order valence-electron chi connectivity index (χ4n) is 5.43. The van der Waals surface area contributed by atoms with Gasteiger partial charge in [-0.15, -0.1) is 0 Å². The first kappa shape index (κ1) is 39.9. The second-order valence-electron chi connectivity index (χ2n) is 11.1. The maximum absolute atomic E-state index is 12.2. The van der Waals surface area contributed by atoms with Crippen molar-refractivity contribution < 1.29 is 85.7 Å². The summed E-state index contributed by atoms with van der Waals surface area (Å²) in [6, 6.07) is 0. The fourth-order valence-corrected chi connectivity index (χ4v) is 5.43. The Morgan fingerprint density at radius 2 is 0.583 bits per heavy atom. The van der Waals surface area contributed by atoms with Crippen LogP contribution >= 0.6 is 0 Å². The molecule has 0 aromatic heterocycles. The summed E-state index contributed by atoms with van der Waals surface area (Å²) in [6.07, 6.45) is -13.3. The van der Waals surface area contributed by atoms with Gasteiger partial charge in [-0.05, 0) is 12.8 Å². The van der Waals surface area contributed by atoms with Crippen LogP contribution < -0.4 is 0 Å². The number of hydrogen-bond donors (Lipinski definition) is 0. The highest BCUT2D eigenvalue weighted by Crippen LogP contribution is 2.35. The topological polar surface area (TPSA) is 229 Å². The zero-order valence-electron chi connectivity index (χ0n) is 28.0. The monoisotopic (exact) mass is 690 g/mol. The highest BCUT2D eigenvalue weighted by atomic mass is 16.7. The quantitative estimate of drug-likeness (QED) is 0.183. The number of hydrogen-bond acceptors (Lipinski definition) is 18. The van der Waals surface area contributed by atoms with Gasteiger partial charge < -0.3 is 47.4 Å². The lowest BCUT2D eigenvalue weighted by Gasteiger charge is -2.46. The van der Waals surface area contributed by atoms with Crippen molar-refractivity contribution in [2.24, 2.45) is 0 Å². The number of esters is 8. The van der Waals surface area contributed by atoms with Crippen LogP contribution in [0, 0.1) is 0 Å². The molecule has 0 radical (unpaired) electrons. The molecule has 0 bridgehead atoms. The summed E-state index contributed by atoms with van der Waals surface area (Å²) in [5.74, 6) is -6.24. The zero-order valence-corrected chi connectivity index (χ0v) is 28.0. The molecule has 2 rings (SSSR count). The minimum Gasteiger partial charge on any atom is -0.463 e. The Morgan fingerprint density at radius 1 is 0.354 bits per heavy atom. The SMILES string of the molecule is CC(=O)OC[C@H]1OC(CCC2O[C@H](COC(C)=O)[C@H](OC(C)=O)[C@H](OC(C)=O)[C@H]2OC(C)=O)[C@H](OC(C)=O)[C@@H](OC(C)=O)[C@H]1OC(C)=O. The molecule has 0 amide bonds. The second-order valence-corrected chi connectivity index (χ2v) is 11.1. The maximum Gasteiger partial charge on any atom is 0.303 e. The minimum atomic E-state index is -1.43. The molecule has 270 valence electrons. The lowest BCUT2D eigenvalue weighted by molar-refractivity contribution is -0.263. The summed E-state index contributed by atoms with van der Waals surface area (Å²) >= 11 is 0. The van der Waals surface area contributed by atoms with Gasteiger partial charge in [-0.3, -0.25) is 38.4 Å². The van der Waals surface area contributed by atoms with Gasteiger partial charge in [0.15, 0.2) is 36.6 Å². The van der Waals surface area contributed by atoms with Gasteiger partial charge in [0, 0.05) is 55.4 Å². The molecular formula is C30H42O18. The van der Waals surface area contributed by atoms with Crippen LogP contribution in [0.25, 0.3) is 0 Å². The van der Waals surface area contributed by atoms with E-state index < -0.39 is 122 Å². The van der Waals surface area contributed by atoms with Crippen LogP contribution in [0.2, 0.25) is 0 Å². The predicted octanol–water partition coefficient (Wildman–Crippen LogP) is 0.0178. The molecule has 2 unspecified atom stereocenters. The molecular weight excluding hydrogens is 648 g/mol. The van der Waals surface area contributed by atoms with E-state index >= 15 is 0 Å². The number of ether oxygens (including phenoxy) is 10. The van der Waals surface area contributed by atoms with Crippen LogP contribution in [0.1, 0.15) is 68.2 Å². The van der Waals surface area contributed by atoms with Gasteiger partial charge in [-0.25, -0.2) is 0 Å². The lowest BCUT2D eigenvalue weighted by Crippen LogP contribution is -2.63. The summed E-state index contributed by atoms with van der Waals surface area (Å²) in [5.41, 5.74) is 0. The Hall–Kier alpha value is -4.32. The van der Waals surface area contributed by atoms with Crippen molar-refractivity contribution in [3.63, 3.8) is 0 Å². The Labute approximate surface area is 276 Å². The van der Waals surface area contributed by atoms with Gasteiger partial charge in [-0.1, -0.05) is 0 Å². The van der Waals surface area contributed by atoms with Crippen LogP contribution in [0.5, 0.6) is 0 Å². The van der Waals surface area contributed by atoms with Crippen molar-refractivity contribution in [2.75, 3.05) is 13.2 Å². The predicted molar refractivity (Wildman–Crippen MR) is 153 cm³/mol. The molecule has 0 aromatic rings. The molecule has 0 aromatic carbocycles. The largest absolute Gasteiger partial charge is 0.463 e. The van der Waals surface area contributed by atoms with Crippen molar-refractivity contribution in [1.82, 2.24) is 0 Å². The van der Waals surface area contributed by atoms with Gasteiger partial charge in [-0.2, -0.15) is 0 Å². The van der Waals surface area contributed by atoms with E-state index in [0.717, 1.165) is 55.4 Å². The first-order valence-electron chi connectivity index (χ1n) is 15.0. The molecule has 0 spiro atoms. The van der Waals surface area contributed by atoms with Crippen LogP contribution in [0.4, 0.5) is 0 Å². The molecule has 2 aliphatic heterocycles. The van der Waals surface area contributed by atoms with E-state index in [0.29, 0.717) is 0 Å². The van der Waals surface area contributed by atoms with E-state index in [2.05, 4.69) is 0 Å². The molecule has 2 heterocycles. The Balaban J connectivity index is 2.57. The standard InChI is InChI=1S/C30H42O18/c1-13(31)39-11-23-27(43-17(5)35)29(45-19(7)37)25(41-15(3)33)21(47-23)9-10-22-26(42-16(4)34)30(46-20(8)38)28(44-18(6)36)24(48-22)12-40-14(2)32/h21-30H,9-12H2,1-8H3/t21?,22?,23-,24-,25+,26+,27+,28+,29-,30-/m1/s1. The third-order valence-electron chi connectivity index (χ3n) is 6.91. The van der Waals surface area contributed by atoms with Crippen LogP contribution in [-0.2, 0) is 85.7 Å². The van der Waals surface area contributed by atoms with Crippen molar-refractivity contribution in [3.05, 3.63) is 0 Å². The Morgan fingerprint density at radius 3 is 0.812 bits per heavy atom. The van der Waals surface area contributed by atoms with Gasteiger partial charge in [0.05, 0.1) is 12.2 Å². The first-order valence-corrected chi connectivity index (χ1v) is 15.0. The second kappa shape index (κ2) is 18.3. The molecule has 48 heavy (non-hydrogen) atoms. The van der Waals surface area contributed by atoms with Crippen LogP contribution in [0.15, 0.2) is 0 Å². The number of rotatable bonds is 13. The normalized spacial score (nSPS) is 29.7. The van der Waals surface area contributed by atoms with Crippen molar-refractivity contribution >= 4 is 47.8 Å². The van der Waals surface area contributed by atoms with E-state index in [1.54, 1.807) is 0 Å². The number of carbonyl (C=O) groups excluding carboxylic acids is 8. The highest BCUT2D eigenvalue weighted by Gasteiger charge is 2.54. The van der Waals surface area contributed by atoms with E-state index in [1.807, 2.05) is 0 Å². The molecule has 18 heteroatoms. The van der Waals surface area contributed by atoms with E-state index in [4.69, 9.17) is 47.4 Å². The van der Waals surface area contributed by atoms with Crippen LogP contribution in [-0.4, -0.2) is 122 Å². The smallest absolute Gasteiger partial charge is 0.303 e. The third kappa shape index (κ3) is 12.4. The first-order chi connectivity index (χ1) is 22.4. The van der Waals surface area contributed by atoms with E-state index in [9.17, 15) is 38.4 Å². The summed E-state index contributed by atoms with van der Waals surface area (Å²) < 4.78 is 55.2. The number of carbonyl (C=O) groups is 8. The molecule has 2 aliphatic rings. The summed E-state index contributed by atoms with van der Waals surface area (Å²) in [6.45, 7) is 7.89. The molecule has 10 atom stereocenters. The van der Waals surface area contributed by atoms with Gasteiger partial charge >= 0.3 is 47.8 Å². The fraction of sp³-hybridized carbons (Fsp3) is 0.733. The molecule has 0 N–H and O–H groups in total. The minimum absolute atomic E-state index is 0.118. The van der Waals surface area contributed by atoms with Crippen molar-refractivity contribution in [1.29, 1.82) is 0 Å². The average molecular weight is 691 g/mol. The van der Waals surface area contributed by atoms with Gasteiger partial charge in [0.25, 0.3) is 0 Å². The Kier molecular flexibility index (Phi) is 15.2. The van der Waals surface area contributed by atoms with Crippen molar-refractivity contribution in [3.8, 4) is 0 Å². The molecule has 2 saturated heterocycles. The lowest BCUT2D eigenvalue weighted by atomic mass is 9.88. The van der Waals surface area contributed by atoms with Gasteiger partial charge in [0.1, 0.15) is 25.4 Å².